The largest absolute Gasteiger partial charge is 0.508 e. The van der Waals surface area contributed by atoms with Crippen molar-refractivity contribution in [2.75, 3.05) is 7.11 Å². The molecular weight excluding hydrogens is 396 g/mol. The van der Waals surface area contributed by atoms with Crippen molar-refractivity contribution in [3.8, 4) is 11.5 Å². The third kappa shape index (κ3) is 7.27. The Kier molecular flexibility index (Phi) is 10.1. The Hall–Kier alpha value is -2.52. The van der Waals surface area contributed by atoms with Gasteiger partial charge < -0.3 is 14.6 Å². The average molecular weight is 437 g/mol. The van der Waals surface area contributed by atoms with E-state index in [0.29, 0.717) is 23.5 Å². The fraction of sp³-hybridized carbons (Fsp3) is 0.448. The molecule has 0 aliphatic carbocycles. The lowest BCUT2D eigenvalue weighted by Crippen LogP contribution is -2.24. The molecule has 3 rings (SSSR count). The summed E-state index contributed by atoms with van der Waals surface area (Å²) in [5.74, 6) is 2.75. The van der Waals surface area contributed by atoms with Crippen LogP contribution in [0.4, 0.5) is 0 Å². The molecule has 1 N–H and O–H groups in total. The maximum Gasteiger partial charge on any atom is 0.201 e. The number of hydrogen-bond donors (Lipinski definition) is 1. The van der Waals surface area contributed by atoms with Crippen LogP contribution < -0.4 is 4.74 Å². The van der Waals surface area contributed by atoms with Gasteiger partial charge in [-0.2, -0.15) is 0 Å². The number of phenolic OH excluding ortho intramolecular Hbond substituents is 1. The Labute approximate surface area is 194 Å². The Morgan fingerprint density at radius 2 is 1.25 bits per heavy atom. The van der Waals surface area contributed by atoms with Crippen molar-refractivity contribution in [1.82, 2.24) is 0 Å². The van der Waals surface area contributed by atoms with E-state index in [0.717, 1.165) is 24.0 Å². The molecule has 0 saturated heterocycles. The van der Waals surface area contributed by atoms with Crippen LogP contribution in [0.15, 0.2) is 60.7 Å². The molecule has 3 heteroatoms. The van der Waals surface area contributed by atoms with Crippen molar-refractivity contribution in [3.05, 3.63) is 71.8 Å². The number of ether oxygens (including phenoxy) is 2. The number of fused-ring (bicyclic) bond motifs is 1. The first-order valence-electron chi connectivity index (χ1n) is 11.8. The first kappa shape index (κ1) is 25.7. The van der Waals surface area contributed by atoms with E-state index >= 15 is 0 Å². The van der Waals surface area contributed by atoms with E-state index in [1.54, 1.807) is 19.2 Å². The van der Waals surface area contributed by atoms with Gasteiger partial charge in [-0.15, -0.1) is 0 Å². The van der Waals surface area contributed by atoms with Crippen LogP contribution >= 0.6 is 0 Å². The van der Waals surface area contributed by atoms with Crippen molar-refractivity contribution >= 4 is 10.8 Å². The number of phenols is 1. The Bertz CT molecular complexity index is 946. The van der Waals surface area contributed by atoms with Gasteiger partial charge in [0.25, 0.3) is 0 Å². The lowest BCUT2D eigenvalue weighted by Gasteiger charge is -2.21. The summed E-state index contributed by atoms with van der Waals surface area (Å²) in [5, 5.41) is 11.7. The van der Waals surface area contributed by atoms with Crippen LogP contribution in [0.5, 0.6) is 11.5 Å². The standard InChI is InChI=1S/C15H24O2.C14H16O/c1-6-12(4)13-7-9-14(10-8-13)17-15(16-5)11(2)3;1-3-10(2)11-4-5-13-9-14(15)7-6-12(13)8-11/h7-12,15H,6H2,1-5H3;4-10,15H,3H2,1-2H3. The number of methoxy groups -OCH3 is 1. The highest BCUT2D eigenvalue weighted by molar-refractivity contribution is 5.84. The third-order valence-electron chi connectivity index (χ3n) is 6.12. The van der Waals surface area contributed by atoms with Gasteiger partial charge >= 0.3 is 0 Å². The molecule has 32 heavy (non-hydrogen) atoms. The zero-order valence-electron chi connectivity index (χ0n) is 20.8. The molecule has 3 aromatic carbocycles. The number of aromatic hydroxyl groups is 1. The molecule has 3 unspecified atom stereocenters. The Morgan fingerprint density at radius 3 is 1.81 bits per heavy atom. The molecule has 0 amide bonds. The van der Waals surface area contributed by atoms with Crippen molar-refractivity contribution in [2.24, 2.45) is 5.92 Å². The normalized spacial score (nSPS) is 13.9. The van der Waals surface area contributed by atoms with Crippen molar-refractivity contribution in [1.29, 1.82) is 0 Å². The highest BCUT2D eigenvalue weighted by Crippen LogP contribution is 2.26. The van der Waals surface area contributed by atoms with Crippen LogP contribution in [0.25, 0.3) is 10.8 Å². The van der Waals surface area contributed by atoms with Crippen LogP contribution in [-0.4, -0.2) is 18.5 Å². The molecule has 0 aliphatic heterocycles. The second-order valence-corrected chi connectivity index (χ2v) is 8.94. The molecule has 0 heterocycles. The second-order valence-electron chi connectivity index (χ2n) is 8.94. The highest BCUT2D eigenvalue weighted by atomic mass is 16.7. The lowest BCUT2D eigenvalue weighted by molar-refractivity contribution is -0.0833. The highest BCUT2D eigenvalue weighted by Gasteiger charge is 2.14. The zero-order chi connectivity index (χ0) is 23.7. The monoisotopic (exact) mass is 436 g/mol. The van der Waals surface area contributed by atoms with Crippen LogP contribution in [-0.2, 0) is 4.74 Å². The van der Waals surface area contributed by atoms with E-state index in [1.165, 1.54) is 16.5 Å². The van der Waals surface area contributed by atoms with Crippen molar-refractivity contribution < 1.29 is 14.6 Å². The molecule has 3 atom stereocenters. The molecule has 0 radical (unpaired) electrons. The SMILES string of the molecule is CCC(C)c1ccc(OC(OC)C(C)C)cc1.CCC(C)c1ccc2cc(O)ccc2c1. The summed E-state index contributed by atoms with van der Waals surface area (Å²) in [7, 11) is 1.68. The fourth-order valence-electron chi connectivity index (χ4n) is 3.49. The Morgan fingerprint density at radius 1 is 0.719 bits per heavy atom. The first-order valence-corrected chi connectivity index (χ1v) is 11.8. The molecule has 3 aromatic rings. The number of hydrogen-bond acceptors (Lipinski definition) is 3. The molecule has 0 aromatic heterocycles. The summed E-state index contributed by atoms with van der Waals surface area (Å²) in [6.45, 7) is 13.0. The minimum absolute atomic E-state index is 0.176. The number of benzene rings is 3. The summed E-state index contributed by atoms with van der Waals surface area (Å²) < 4.78 is 11.1. The molecular formula is C29H40O3. The van der Waals surface area contributed by atoms with Gasteiger partial charge in [-0.05, 0) is 70.8 Å². The topological polar surface area (TPSA) is 38.7 Å². The van der Waals surface area contributed by atoms with Gasteiger partial charge in [-0.1, -0.05) is 77.9 Å². The first-order chi connectivity index (χ1) is 15.3. The zero-order valence-corrected chi connectivity index (χ0v) is 20.8. The molecule has 0 saturated carbocycles. The summed E-state index contributed by atoms with van der Waals surface area (Å²) in [6.07, 6.45) is 2.14. The minimum Gasteiger partial charge on any atom is -0.508 e. The molecule has 0 bridgehead atoms. The van der Waals surface area contributed by atoms with Crippen LogP contribution in [0.1, 0.15) is 77.3 Å². The van der Waals surface area contributed by atoms with Gasteiger partial charge in [0.05, 0.1) is 0 Å². The molecule has 0 fully saturated rings. The lowest BCUT2D eigenvalue weighted by atomic mass is 9.96. The van der Waals surface area contributed by atoms with E-state index in [-0.39, 0.29) is 6.29 Å². The third-order valence-corrected chi connectivity index (χ3v) is 6.12. The summed E-state index contributed by atoms with van der Waals surface area (Å²) in [6, 6.07) is 20.3. The number of rotatable bonds is 8. The summed E-state index contributed by atoms with van der Waals surface area (Å²) in [4.78, 5) is 0. The maximum absolute atomic E-state index is 9.35. The molecule has 0 aliphatic rings. The fourth-order valence-corrected chi connectivity index (χ4v) is 3.49. The van der Waals surface area contributed by atoms with E-state index in [9.17, 15) is 5.11 Å². The summed E-state index contributed by atoms with van der Waals surface area (Å²) >= 11 is 0. The van der Waals surface area contributed by atoms with E-state index in [4.69, 9.17) is 9.47 Å². The maximum atomic E-state index is 9.35. The van der Waals surface area contributed by atoms with Gasteiger partial charge in [0.1, 0.15) is 11.5 Å². The molecule has 3 nitrogen and oxygen atoms in total. The van der Waals surface area contributed by atoms with E-state index < -0.39 is 0 Å². The van der Waals surface area contributed by atoms with Gasteiger partial charge in [-0.25, -0.2) is 0 Å². The molecule has 0 spiro atoms. The van der Waals surface area contributed by atoms with Crippen molar-refractivity contribution in [2.45, 2.75) is 72.5 Å². The van der Waals surface area contributed by atoms with E-state index in [1.807, 2.05) is 18.2 Å². The van der Waals surface area contributed by atoms with E-state index in [2.05, 4.69) is 71.9 Å². The van der Waals surface area contributed by atoms with Crippen LogP contribution in [0.3, 0.4) is 0 Å². The Balaban J connectivity index is 0.000000228. The minimum atomic E-state index is -0.176. The predicted molar refractivity (Wildman–Crippen MR) is 136 cm³/mol. The van der Waals surface area contributed by atoms with Crippen LogP contribution in [0, 0.1) is 5.92 Å². The quantitative estimate of drug-likeness (QED) is 0.361. The van der Waals surface area contributed by atoms with Gasteiger partial charge in [0.2, 0.25) is 6.29 Å². The van der Waals surface area contributed by atoms with Gasteiger partial charge in [0, 0.05) is 13.0 Å². The van der Waals surface area contributed by atoms with Crippen LogP contribution in [0.2, 0.25) is 0 Å². The smallest absolute Gasteiger partial charge is 0.201 e. The molecule has 174 valence electrons. The average Bonchev–Trinajstić information content (AvgIpc) is 2.81. The van der Waals surface area contributed by atoms with Crippen molar-refractivity contribution in [3.63, 3.8) is 0 Å². The van der Waals surface area contributed by atoms with Gasteiger partial charge in [0.15, 0.2) is 0 Å². The van der Waals surface area contributed by atoms with Gasteiger partial charge in [-0.3, -0.25) is 0 Å². The summed E-state index contributed by atoms with van der Waals surface area (Å²) in [5.41, 5.74) is 2.73. The second kappa shape index (κ2) is 12.5. The predicted octanol–water partition coefficient (Wildman–Crippen LogP) is 8.27.